The summed E-state index contributed by atoms with van der Waals surface area (Å²) in [5, 5.41) is 0. The van der Waals surface area contributed by atoms with E-state index in [0.29, 0.717) is 17.7 Å². The Labute approximate surface area is 116 Å². The molecular weight excluding hydrogens is 255 g/mol. The molecule has 0 radical (unpaired) electrons. The molecule has 102 valence electrons. The van der Waals surface area contributed by atoms with E-state index in [9.17, 15) is 9.18 Å². The monoisotopic (exact) mass is 270 g/mol. The predicted molar refractivity (Wildman–Crippen MR) is 76.8 cm³/mol. The maximum Gasteiger partial charge on any atom is 0.227 e. The molecule has 3 nitrogen and oxygen atoms in total. The van der Waals surface area contributed by atoms with Crippen molar-refractivity contribution in [3.05, 3.63) is 59.4 Å². The van der Waals surface area contributed by atoms with Crippen molar-refractivity contribution in [2.45, 2.75) is 19.4 Å². The van der Waals surface area contributed by atoms with Gasteiger partial charge in [-0.05, 0) is 30.2 Å². The first-order valence-electron chi connectivity index (χ1n) is 6.58. The van der Waals surface area contributed by atoms with Crippen LogP contribution in [0, 0.1) is 5.82 Å². The number of halogens is 1. The highest BCUT2D eigenvalue weighted by atomic mass is 19.1. The molecule has 2 aromatic rings. The number of aryl methyl sites for hydroxylation is 1. The largest absolute Gasteiger partial charge is 0.398 e. The molecule has 20 heavy (non-hydrogen) atoms. The maximum atomic E-state index is 13.9. The summed E-state index contributed by atoms with van der Waals surface area (Å²) in [6.07, 6.45) is 1.18. The van der Waals surface area contributed by atoms with E-state index in [2.05, 4.69) is 0 Å². The molecule has 1 amide bonds. The van der Waals surface area contributed by atoms with Gasteiger partial charge >= 0.3 is 0 Å². The minimum Gasteiger partial charge on any atom is -0.398 e. The summed E-state index contributed by atoms with van der Waals surface area (Å²) < 4.78 is 13.9. The van der Waals surface area contributed by atoms with E-state index in [1.807, 2.05) is 24.3 Å². The van der Waals surface area contributed by atoms with Crippen molar-refractivity contribution in [2.24, 2.45) is 0 Å². The molecule has 0 aliphatic carbocycles. The van der Waals surface area contributed by atoms with Crippen molar-refractivity contribution in [1.82, 2.24) is 0 Å². The number of benzene rings is 2. The highest BCUT2D eigenvalue weighted by molar-refractivity contribution is 5.96. The number of rotatable bonds is 2. The molecule has 0 unspecified atom stereocenters. The summed E-state index contributed by atoms with van der Waals surface area (Å²) in [6, 6.07) is 12.3. The van der Waals surface area contributed by atoms with Gasteiger partial charge in [-0.2, -0.15) is 0 Å². The zero-order valence-electron chi connectivity index (χ0n) is 11.0. The summed E-state index contributed by atoms with van der Waals surface area (Å²) in [7, 11) is 0. The van der Waals surface area contributed by atoms with Gasteiger partial charge in [-0.3, -0.25) is 4.79 Å². The van der Waals surface area contributed by atoms with Gasteiger partial charge in [0.2, 0.25) is 5.91 Å². The van der Waals surface area contributed by atoms with Crippen LogP contribution < -0.4 is 10.6 Å². The van der Waals surface area contributed by atoms with Gasteiger partial charge in [0.05, 0.1) is 6.54 Å². The van der Waals surface area contributed by atoms with E-state index in [0.717, 1.165) is 17.7 Å². The molecule has 4 heteroatoms. The number of para-hydroxylation sites is 1. The Morgan fingerprint density at radius 1 is 1.10 bits per heavy atom. The first-order valence-corrected chi connectivity index (χ1v) is 6.58. The zero-order chi connectivity index (χ0) is 14.1. The number of fused-ring (bicyclic) bond motifs is 1. The minimum atomic E-state index is -0.374. The maximum absolute atomic E-state index is 13.9. The quantitative estimate of drug-likeness (QED) is 0.853. The lowest BCUT2D eigenvalue weighted by molar-refractivity contribution is -0.119. The molecule has 1 aliphatic heterocycles. The summed E-state index contributed by atoms with van der Waals surface area (Å²) in [6.45, 7) is 0.175. The van der Waals surface area contributed by atoms with Crippen molar-refractivity contribution in [3.63, 3.8) is 0 Å². The van der Waals surface area contributed by atoms with E-state index in [1.165, 1.54) is 6.07 Å². The Morgan fingerprint density at radius 2 is 1.90 bits per heavy atom. The van der Waals surface area contributed by atoms with Crippen molar-refractivity contribution in [3.8, 4) is 0 Å². The van der Waals surface area contributed by atoms with Crippen LogP contribution in [-0.4, -0.2) is 5.91 Å². The lowest BCUT2D eigenvalue weighted by atomic mass is 10.00. The van der Waals surface area contributed by atoms with Crippen molar-refractivity contribution in [2.75, 3.05) is 10.6 Å². The van der Waals surface area contributed by atoms with Crippen molar-refractivity contribution < 1.29 is 9.18 Å². The third-order valence-electron chi connectivity index (χ3n) is 3.66. The molecule has 2 N–H and O–H groups in total. The summed E-state index contributed by atoms with van der Waals surface area (Å²) in [5.74, 6) is -0.368. The summed E-state index contributed by atoms with van der Waals surface area (Å²) in [5.41, 5.74) is 8.54. The Balaban J connectivity index is 2.00. The van der Waals surface area contributed by atoms with Crippen molar-refractivity contribution in [1.29, 1.82) is 0 Å². The fraction of sp³-hybridized carbons (Fsp3) is 0.188. The lowest BCUT2D eigenvalue weighted by Crippen LogP contribution is -2.35. The van der Waals surface area contributed by atoms with Crippen LogP contribution in [0.25, 0.3) is 0 Å². The van der Waals surface area contributed by atoms with E-state index < -0.39 is 0 Å². The molecule has 1 aliphatic rings. The molecule has 0 atom stereocenters. The molecular formula is C16H15FN2O. The number of amides is 1. The second-order valence-electron chi connectivity index (χ2n) is 4.92. The fourth-order valence-corrected chi connectivity index (χ4v) is 2.57. The van der Waals surface area contributed by atoms with E-state index >= 15 is 0 Å². The normalized spacial score (nSPS) is 14.2. The molecule has 0 spiro atoms. The number of carbonyl (C=O) groups is 1. The number of nitrogens with two attached hydrogens (primary N) is 1. The van der Waals surface area contributed by atoms with Crippen LogP contribution in [0.1, 0.15) is 17.5 Å². The zero-order valence-corrected chi connectivity index (χ0v) is 11.0. The number of carbonyl (C=O) groups excluding carboxylic acids is 1. The van der Waals surface area contributed by atoms with Gasteiger partial charge in [0.25, 0.3) is 0 Å². The molecule has 0 aromatic heterocycles. The van der Waals surface area contributed by atoms with E-state index in [-0.39, 0.29) is 18.3 Å². The fourth-order valence-electron chi connectivity index (χ4n) is 2.57. The van der Waals surface area contributed by atoms with Crippen LogP contribution in [0.4, 0.5) is 15.8 Å². The van der Waals surface area contributed by atoms with Gasteiger partial charge in [0, 0.05) is 23.4 Å². The van der Waals surface area contributed by atoms with Crippen LogP contribution in [0.3, 0.4) is 0 Å². The minimum absolute atomic E-state index is 0.00588. The van der Waals surface area contributed by atoms with Crippen LogP contribution in [0.15, 0.2) is 42.5 Å². The lowest BCUT2D eigenvalue weighted by Gasteiger charge is -2.30. The molecule has 0 bridgehead atoms. The molecule has 3 rings (SSSR count). The number of hydrogen-bond acceptors (Lipinski definition) is 2. The second-order valence-corrected chi connectivity index (χ2v) is 4.92. The summed E-state index contributed by atoms with van der Waals surface area (Å²) >= 11 is 0. The van der Waals surface area contributed by atoms with Gasteiger partial charge in [-0.25, -0.2) is 4.39 Å². The Kier molecular flexibility index (Phi) is 3.14. The first-order chi connectivity index (χ1) is 9.66. The van der Waals surface area contributed by atoms with Crippen molar-refractivity contribution >= 4 is 17.3 Å². The number of hydrogen-bond donors (Lipinski definition) is 1. The highest BCUT2D eigenvalue weighted by Crippen LogP contribution is 2.30. The standard InChI is InChI=1S/C16H15FN2O/c17-13-5-3-6-14(18)12(13)10-19-15-7-2-1-4-11(15)8-9-16(19)20/h1-7H,8-10,18H2. The van der Waals surface area contributed by atoms with Crippen LogP contribution in [0.2, 0.25) is 0 Å². The van der Waals surface area contributed by atoms with E-state index in [1.54, 1.807) is 17.0 Å². The third-order valence-corrected chi connectivity index (χ3v) is 3.66. The Bertz CT molecular complexity index is 649. The summed E-state index contributed by atoms with van der Waals surface area (Å²) in [4.78, 5) is 13.8. The van der Waals surface area contributed by atoms with Gasteiger partial charge in [0.1, 0.15) is 5.82 Å². The second kappa shape index (κ2) is 4.96. The van der Waals surface area contributed by atoms with Gasteiger partial charge in [-0.15, -0.1) is 0 Å². The van der Waals surface area contributed by atoms with Crippen LogP contribution >= 0.6 is 0 Å². The molecule has 0 fully saturated rings. The predicted octanol–water partition coefficient (Wildman–Crippen LogP) is 2.89. The third kappa shape index (κ3) is 2.13. The van der Waals surface area contributed by atoms with Gasteiger partial charge in [0.15, 0.2) is 0 Å². The molecule has 0 saturated heterocycles. The highest BCUT2D eigenvalue weighted by Gasteiger charge is 2.25. The van der Waals surface area contributed by atoms with Crippen LogP contribution in [-0.2, 0) is 17.8 Å². The smallest absolute Gasteiger partial charge is 0.227 e. The molecule has 0 saturated carbocycles. The number of nitrogens with zero attached hydrogens (tertiary/aromatic N) is 1. The SMILES string of the molecule is Nc1cccc(F)c1CN1C(=O)CCc2ccccc21. The van der Waals surface area contributed by atoms with Crippen LogP contribution in [0.5, 0.6) is 0 Å². The van der Waals surface area contributed by atoms with Gasteiger partial charge in [-0.1, -0.05) is 24.3 Å². The number of anilines is 2. The average Bonchev–Trinajstić information content (AvgIpc) is 2.45. The first kappa shape index (κ1) is 12.7. The molecule has 1 heterocycles. The Morgan fingerprint density at radius 3 is 2.70 bits per heavy atom. The van der Waals surface area contributed by atoms with Gasteiger partial charge < -0.3 is 10.6 Å². The number of nitrogen functional groups attached to an aromatic ring is 1. The Hall–Kier alpha value is -2.36. The van der Waals surface area contributed by atoms with E-state index in [4.69, 9.17) is 5.73 Å². The average molecular weight is 270 g/mol. The molecule has 2 aromatic carbocycles. The topological polar surface area (TPSA) is 46.3 Å².